The number of methoxy groups -OCH3 is 1. The van der Waals surface area contributed by atoms with Crippen LogP contribution in [-0.4, -0.2) is 40.9 Å². The van der Waals surface area contributed by atoms with Crippen LogP contribution in [0.2, 0.25) is 0 Å². The third-order valence-corrected chi connectivity index (χ3v) is 5.04. The topological polar surface area (TPSA) is 81.1 Å². The molecule has 28 heavy (non-hydrogen) atoms. The quantitative estimate of drug-likeness (QED) is 0.590. The molecule has 0 spiro atoms. The molecule has 4 rings (SSSR count). The Kier molecular flexibility index (Phi) is 4.97. The first-order chi connectivity index (χ1) is 13.7. The van der Waals surface area contributed by atoms with Crippen LogP contribution in [-0.2, 0) is 10.2 Å². The number of ether oxygens (including phenoxy) is 1. The maximum Gasteiger partial charge on any atom is 0.230 e. The maximum atomic E-state index is 12.8. The number of carbonyl (C=O) groups excluding carboxylic acids is 1. The van der Waals surface area contributed by atoms with Gasteiger partial charge in [0.15, 0.2) is 5.82 Å². The number of para-hydroxylation sites is 1. The Bertz CT molecular complexity index is 934. The van der Waals surface area contributed by atoms with E-state index in [1.165, 1.54) is 0 Å². The highest BCUT2D eigenvalue weighted by Crippen LogP contribution is 2.51. The predicted octanol–water partition coefficient (Wildman–Crippen LogP) is 2.54. The highest BCUT2D eigenvalue weighted by atomic mass is 16.5. The Hall–Kier alpha value is -3.35. The molecule has 1 fully saturated rings. The summed E-state index contributed by atoms with van der Waals surface area (Å²) in [4.78, 5) is 12.8. The summed E-state index contributed by atoms with van der Waals surface area (Å²) in [7, 11) is 1.64. The molecule has 1 aliphatic rings. The van der Waals surface area contributed by atoms with E-state index in [-0.39, 0.29) is 5.91 Å². The van der Waals surface area contributed by atoms with Crippen LogP contribution in [0.4, 0.5) is 5.82 Å². The van der Waals surface area contributed by atoms with Crippen molar-refractivity contribution in [1.29, 1.82) is 0 Å². The van der Waals surface area contributed by atoms with E-state index in [9.17, 15) is 4.79 Å². The van der Waals surface area contributed by atoms with Crippen LogP contribution in [0.3, 0.4) is 0 Å². The van der Waals surface area contributed by atoms with Gasteiger partial charge >= 0.3 is 0 Å². The standard InChI is InChI=1S/C21H23N5O2/c1-28-17-7-3-2-6-16(17)21(10-11-21)20(27)23-13-12-22-18-8-9-19(25-24-18)26-14-4-5-15-26/h2-9,14-15H,10-13H2,1H3,(H,22,24)(H,23,27). The van der Waals surface area contributed by atoms with Crippen molar-refractivity contribution in [2.24, 2.45) is 0 Å². The zero-order valence-corrected chi connectivity index (χ0v) is 15.8. The van der Waals surface area contributed by atoms with E-state index in [1.54, 1.807) is 7.11 Å². The van der Waals surface area contributed by atoms with Crippen molar-refractivity contribution in [1.82, 2.24) is 20.1 Å². The lowest BCUT2D eigenvalue weighted by atomic mass is 9.94. The molecule has 2 N–H and O–H groups in total. The van der Waals surface area contributed by atoms with Gasteiger partial charge in [-0.15, -0.1) is 10.2 Å². The number of carbonyl (C=O) groups is 1. The van der Waals surface area contributed by atoms with Crippen molar-refractivity contribution < 1.29 is 9.53 Å². The van der Waals surface area contributed by atoms with Crippen molar-refractivity contribution in [2.45, 2.75) is 18.3 Å². The summed E-state index contributed by atoms with van der Waals surface area (Å²) < 4.78 is 7.33. The number of aromatic nitrogens is 3. The molecule has 1 amide bonds. The summed E-state index contributed by atoms with van der Waals surface area (Å²) in [6.07, 6.45) is 5.53. The molecule has 0 atom stereocenters. The van der Waals surface area contributed by atoms with E-state index < -0.39 is 5.41 Å². The number of benzene rings is 1. The Morgan fingerprint density at radius 3 is 2.54 bits per heavy atom. The van der Waals surface area contributed by atoms with Crippen LogP contribution in [0.1, 0.15) is 18.4 Å². The molecule has 2 heterocycles. The van der Waals surface area contributed by atoms with Crippen molar-refractivity contribution >= 4 is 11.7 Å². The number of nitrogens with one attached hydrogen (secondary N) is 2. The van der Waals surface area contributed by atoms with Crippen LogP contribution in [0.5, 0.6) is 5.75 Å². The summed E-state index contributed by atoms with van der Waals surface area (Å²) in [6.45, 7) is 1.09. The van der Waals surface area contributed by atoms with Crippen LogP contribution in [0, 0.1) is 0 Å². The molecule has 144 valence electrons. The SMILES string of the molecule is COc1ccccc1C1(C(=O)NCCNc2ccc(-n3cccc3)nn2)CC1. The fourth-order valence-electron chi connectivity index (χ4n) is 3.36. The van der Waals surface area contributed by atoms with Crippen molar-refractivity contribution in [2.75, 3.05) is 25.5 Å². The average molecular weight is 377 g/mol. The van der Waals surface area contributed by atoms with Gasteiger partial charge in [-0.3, -0.25) is 4.79 Å². The van der Waals surface area contributed by atoms with Gasteiger partial charge in [0.2, 0.25) is 5.91 Å². The molecule has 2 aromatic heterocycles. The third kappa shape index (κ3) is 3.55. The van der Waals surface area contributed by atoms with Crippen molar-refractivity contribution in [3.8, 4) is 11.6 Å². The normalized spacial score (nSPS) is 14.3. The molecule has 1 aromatic carbocycles. The van der Waals surface area contributed by atoms with Gasteiger partial charge in [0.1, 0.15) is 11.6 Å². The first-order valence-electron chi connectivity index (χ1n) is 9.36. The average Bonchev–Trinajstić information content (AvgIpc) is 3.37. The summed E-state index contributed by atoms with van der Waals surface area (Å²) >= 11 is 0. The minimum Gasteiger partial charge on any atom is -0.496 e. The third-order valence-electron chi connectivity index (χ3n) is 5.04. The number of hydrogen-bond acceptors (Lipinski definition) is 5. The van der Waals surface area contributed by atoms with E-state index in [0.717, 1.165) is 30.0 Å². The largest absolute Gasteiger partial charge is 0.496 e. The fourth-order valence-corrected chi connectivity index (χ4v) is 3.36. The predicted molar refractivity (Wildman–Crippen MR) is 107 cm³/mol. The minimum atomic E-state index is -0.454. The summed E-state index contributed by atoms with van der Waals surface area (Å²) in [6, 6.07) is 15.4. The monoisotopic (exact) mass is 377 g/mol. The maximum absolute atomic E-state index is 12.8. The van der Waals surface area contributed by atoms with Crippen LogP contribution >= 0.6 is 0 Å². The Morgan fingerprint density at radius 1 is 1.07 bits per heavy atom. The second kappa shape index (κ2) is 7.72. The zero-order valence-electron chi connectivity index (χ0n) is 15.8. The summed E-state index contributed by atoms with van der Waals surface area (Å²) in [5.74, 6) is 2.26. The summed E-state index contributed by atoms with van der Waals surface area (Å²) in [5.41, 5.74) is 0.514. The highest BCUT2D eigenvalue weighted by molar-refractivity contribution is 5.92. The molecule has 0 saturated heterocycles. The van der Waals surface area contributed by atoms with Gasteiger partial charge in [0, 0.05) is 31.0 Å². The molecule has 0 radical (unpaired) electrons. The van der Waals surface area contributed by atoms with Gasteiger partial charge < -0.3 is 19.9 Å². The molecule has 3 aromatic rings. The molecule has 1 aliphatic carbocycles. The van der Waals surface area contributed by atoms with Crippen LogP contribution < -0.4 is 15.4 Å². The van der Waals surface area contributed by atoms with Gasteiger partial charge in [0.25, 0.3) is 0 Å². The molecule has 7 heteroatoms. The second-order valence-corrected chi connectivity index (χ2v) is 6.83. The van der Waals surface area contributed by atoms with E-state index >= 15 is 0 Å². The smallest absolute Gasteiger partial charge is 0.230 e. The number of amides is 1. The first kappa shape index (κ1) is 18.0. The van der Waals surface area contributed by atoms with Gasteiger partial charge in [-0.05, 0) is 43.2 Å². The lowest BCUT2D eigenvalue weighted by Gasteiger charge is -2.18. The highest BCUT2D eigenvalue weighted by Gasteiger charge is 2.52. The lowest BCUT2D eigenvalue weighted by Crippen LogP contribution is -2.37. The molecule has 1 saturated carbocycles. The van der Waals surface area contributed by atoms with E-state index in [4.69, 9.17) is 4.74 Å². The number of hydrogen-bond donors (Lipinski definition) is 2. The van der Waals surface area contributed by atoms with Gasteiger partial charge in [0.05, 0.1) is 12.5 Å². The van der Waals surface area contributed by atoms with E-state index in [2.05, 4.69) is 20.8 Å². The van der Waals surface area contributed by atoms with Gasteiger partial charge in [-0.1, -0.05) is 18.2 Å². The molecular formula is C21H23N5O2. The van der Waals surface area contributed by atoms with Gasteiger partial charge in [-0.25, -0.2) is 0 Å². The van der Waals surface area contributed by atoms with E-state index in [1.807, 2.05) is 65.5 Å². The molecule has 0 bridgehead atoms. The van der Waals surface area contributed by atoms with Crippen molar-refractivity contribution in [3.05, 3.63) is 66.5 Å². The molecule has 0 unspecified atom stereocenters. The Balaban J connectivity index is 1.29. The van der Waals surface area contributed by atoms with E-state index in [0.29, 0.717) is 18.9 Å². The van der Waals surface area contributed by atoms with Gasteiger partial charge in [-0.2, -0.15) is 0 Å². The second-order valence-electron chi connectivity index (χ2n) is 6.83. The summed E-state index contributed by atoms with van der Waals surface area (Å²) in [5, 5.41) is 14.6. The first-order valence-corrected chi connectivity index (χ1v) is 9.36. The molecule has 7 nitrogen and oxygen atoms in total. The van der Waals surface area contributed by atoms with Crippen LogP contribution in [0.15, 0.2) is 60.9 Å². The lowest BCUT2D eigenvalue weighted by molar-refractivity contribution is -0.123. The number of rotatable bonds is 8. The number of nitrogens with zero attached hydrogens (tertiary/aromatic N) is 3. The Labute approximate surface area is 163 Å². The fraction of sp³-hybridized carbons (Fsp3) is 0.286. The van der Waals surface area contributed by atoms with Crippen molar-refractivity contribution in [3.63, 3.8) is 0 Å². The molecular weight excluding hydrogens is 354 g/mol. The van der Waals surface area contributed by atoms with Crippen LogP contribution in [0.25, 0.3) is 5.82 Å². The minimum absolute atomic E-state index is 0.0489. The zero-order chi connectivity index (χ0) is 19.4. The Morgan fingerprint density at radius 2 is 1.86 bits per heavy atom. The number of anilines is 1. The molecule has 0 aliphatic heterocycles.